The van der Waals surface area contributed by atoms with Gasteiger partial charge in [0, 0.05) is 28.9 Å². The van der Waals surface area contributed by atoms with Crippen molar-refractivity contribution in [3.8, 4) is 0 Å². The Morgan fingerprint density at radius 2 is 1.81 bits per heavy atom. The molecular formula is C25H32ClFN2O2S. The standard InChI is InChI=1S/C25H32ClFN2O2S/c1-5-18(4)28-25(31)23(6-2)29(14-19-12-10-17(3)11-13-19)24(30)16-32-15-20-21(26)8-7-9-22(20)27/h7-13,18,23H,5-6,14-16H2,1-4H3,(H,28,31). The molecular weight excluding hydrogens is 447 g/mol. The minimum Gasteiger partial charge on any atom is -0.352 e. The van der Waals surface area contributed by atoms with Gasteiger partial charge in [0.15, 0.2) is 0 Å². The van der Waals surface area contributed by atoms with E-state index in [2.05, 4.69) is 5.32 Å². The molecule has 174 valence electrons. The fourth-order valence-corrected chi connectivity index (χ4v) is 4.49. The van der Waals surface area contributed by atoms with Gasteiger partial charge in [-0.1, -0.05) is 61.3 Å². The van der Waals surface area contributed by atoms with Gasteiger partial charge in [-0.15, -0.1) is 11.8 Å². The van der Waals surface area contributed by atoms with Gasteiger partial charge >= 0.3 is 0 Å². The molecule has 0 aromatic heterocycles. The van der Waals surface area contributed by atoms with Crippen LogP contribution in [0.25, 0.3) is 0 Å². The van der Waals surface area contributed by atoms with Gasteiger partial charge in [-0.05, 0) is 44.4 Å². The number of carbonyl (C=O) groups is 2. The molecule has 0 bridgehead atoms. The molecule has 2 rings (SSSR count). The number of hydrogen-bond acceptors (Lipinski definition) is 3. The highest BCUT2D eigenvalue weighted by Gasteiger charge is 2.29. The first-order valence-corrected chi connectivity index (χ1v) is 12.5. The van der Waals surface area contributed by atoms with Gasteiger partial charge in [-0.25, -0.2) is 4.39 Å². The van der Waals surface area contributed by atoms with Crippen LogP contribution >= 0.6 is 23.4 Å². The molecule has 0 saturated heterocycles. The molecule has 0 fully saturated rings. The summed E-state index contributed by atoms with van der Waals surface area (Å²) in [7, 11) is 0. The zero-order valence-electron chi connectivity index (χ0n) is 19.2. The lowest BCUT2D eigenvalue weighted by Crippen LogP contribution is -2.51. The normalized spacial score (nSPS) is 12.8. The molecule has 0 heterocycles. The number of benzene rings is 2. The number of nitrogens with zero attached hydrogens (tertiary/aromatic N) is 1. The second-order valence-electron chi connectivity index (χ2n) is 7.94. The Bertz CT molecular complexity index is 887. The molecule has 32 heavy (non-hydrogen) atoms. The maximum absolute atomic E-state index is 14.1. The third kappa shape index (κ3) is 7.52. The number of nitrogens with one attached hydrogen (secondary N) is 1. The van der Waals surface area contributed by atoms with Gasteiger partial charge in [0.1, 0.15) is 11.9 Å². The van der Waals surface area contributed by atoms with Crippen LogP contribution in [0.4, 0.5) is 4.39 Å². The summed E-state index contributed by atoms with van der Waals surface area (Å²) < 4.78 is 14.1. The molecule has 1 N–H and O–H groups in total. The highest BCUT2D eigenvalue weighted by Crippen LogP contribution is 2.24. The van der Waals surface area contributed by atoms with Crippen molar-refractivity contribution >= 4 is 35.2 Å². The summed E-state index contributed by atoms with van der Waals surface area (Å²) in [5.41, 5.74) is 2.48. The van der Waals surface area contributed by atoms with Crippen LogP contribution in [0.1, 0.15) is 50.3 Å². The zero-order chi connectivity index (χ0) is 23.7. The monoisotopic (exact) mass is 478 g/mol. The van der Waals surface area contributed by atoms with Crippen molar-refractivity contribution in [1.82, 2.24) is 10.2 Å². The fraction of sp³-hybridized carbons (Fsp3) is 0.440. The van der Waals surface area contributed by atoms with Gasteiger partial charge in [0.2, 0.25) is 11.8 Å². The van der Waals surface area contributed by atoms with Crippen molar-refractivity contribution in [2.24, 2.45) is 0 Å². The number of halogens is 2. The second-order valence-corrected chi connectivity index (χ2v) is 9.33. The largest absolute Gasteiger partial charge is 0.352 e. The summed E-state index contributed by atoms with van der Waals surface area (Å²) in [5.74, 6) is -0.276. The van der Waals surface area contributed by atoms with E-state index in [9.17, 15) is 14.0 Å². The average molecular weight is 479 g/mol. The Kier molecular flexibility index (Phi) is 10.5. The molecule has 0 radical (unpaired) electrons. The molecule has 2 atom stereocenters. The number of aryl methyl sites for hydroxylation is 1. The molecule has 2 aromatic carbocycles. The Labute approximate surface area is 199 Å². The molecule has 2 aromatic rings. The van der Waals surface area contributed by atoms with Crippen molar-refractivity contribution in [2.45, 2.75) is 64.9 Å². The van der Waals surface area contributed by atoms with Gasteiger partial charge in [0.25, 0.3) is 0 Å². The molecule has 0 saturated carbocycles. The second kappa shape index (κ2) is 12.9. The van der Waals surface area contributed by atoms with E-state index in [1.165, 1.54) is 17.8 Å². The lowest BCUT2D eigenvalue weighted by atomic mass is 10.1. The highest BCUT2D eigenvalue weighted by atomic mass is 35.5. The van der Waals surface area contributed by atoms with E-state index in [1.54, 1.807) is 17.0 Å². The van der Waals surface area contributed by atoms with Crippen molar-refractivity contribution in [2.75, 3.05) is 5.75 Å². The Balaban J connectivity index is 2.16. The molecule has 0 spiro atoms. The van der Waals surface area contributed by atoms with Crippen LogP contribution in [0.3, 0.4) is 0 Å². The molecule has 0 aliphatic rings. The van der Waals surface area contributed by atoms with Crippen molar-refractivity contribution in [3.63, 3.8) is 0 Å². The Morgan fingerprint density at radius 3 is 2.41 bits per heavy atom. The molecule has 0 aliphatic carbocycles. The highest BCUT2D eigenvalue weighted by molar-refractivity contribution is 7.99. The number of rotatable bonds is 11. The summed E-state index contributed by atoms with van der Waals surface area (Å²) >= 11 is 7.40. The topological polar surface area (TPSA) is 49.4 Å². The zero-order valence-corrected chi connectivity index (χ0v) is 20.7. The number of thioether (sulfide) groups is 1. The first-order valence-electron chi connectivity index (χ1n) is 10.9. The molecule has 7 heteroatoms. The van der Waals surface area contributed by atoms with Crippen LogP contribution in [-0.2, 0) is 21.9 Å². The van der Waals surface area contributed by atoms with Crippen molar-refractivity contribution in [3.05, 3.63) is 70.0 Å². The van der Waals surface area contributed by atoms with Crippen LogP contribution in [0.15, 0.2) is 42.5 Å². The van der Waals surface area contributed by atoms with Crippen LogP contribution in [0, 0.1) is 12.7 Å². The smallest absolute Gasteiger partial charge is 0.243 e. The van der Waals surface area contributed by atoms with Gasteiger partial charge in [-0.3, -0.25) is 9.59 Å². The minimum atomic E-state index is -0.574. The van der Waals surface area contributed by atoms with E-state index in [4.69, 9.17) is 11.6 Å². The molecule has 2 unspecified atom stereocenters. The minimum absolute atomic E-state index is 0.0328. The lowest BCUT2D eigenvalue weighted by molar-refractivity contribution is -0.139. The van der Waals surface area contributed by atoms with E-state index in [0.29, 0.717) is 23.6 Å². The summed E-state index contributed by atoms with van der Waals surface area (Å²) in [6.07, 6.45) is 1.32. The van der Waals surface area contributed by atoms with Gasteiger partial charge < -0.3 is 10.2 Å². The van der Waals surface area contributed by atoms with Gasteiger partial charge in [0.05, 0.1) is 5.75 Å². The Hall–Kier alpha value is -2.05. The third-order valence-corrected chi connectivity index (χ3v) is 6.69. The van der Waals surface area contributed by atoms with Gasteiger partial charge in [-0.2, -0.15) is 0 Å². The number of amides is 2. The van der Waals surface area contributed by atoms with Crippen LogP contribution in [0.5, 0.6) is 0 Å². The van der Waals surface area contributed by atoms with E-state index >= 15 is 0 Å². The van der Waals surface area contributed by atoms with E-state index in [-0.39, 0.29) is 35.2 Å². The summed E-state index contributed by atoms with van der Waals surface area (Å²) in [5, 5.41) is 3.35. The SMILES string of the molecule is CCC(C)NC(=O)C(CC)N(Cc1ccc(C)cc1)C(=O)CSCc1c(F)cccc1Cl. The fourth-order valence-electron chi connectivity index (χ4n) is 3.24. The third-order valence-electron chi connectivity index (χ3n) is 5.39. The van der Waals surface area contributed by atoms with Crippen LogP contribution in [0.2, 0.25) is 5.02 Å². The number of hydrogen-bond donors (Lipinski definition) is 1. The average Bonchev–Trinajstić information content (AvgIpc) is 2.76. The Morgan fingerprint density at radius 1 is 1.12 bits per heavy atom. The van der Waals surface area contributed by atoms with E-state index < -0.39 is 6.04 Å². The lowest BCUT2D eigenvalue weighted by Gasteiger charge is -2.31. The van der Waals surface area contributed by atoms with E-state index in [1.807, 2.05) is 52.0 Å². The predicted octanol–water partition coefficient (Wildman–Crippen LogP) is 5.74. The number of carbonyl (C=O) groups excluding carboxylic acids is 2. The molecule has 0 aliphatic heterocycles. The maximum Gasteiger partial charge on any atom is 0.243 e. The summed E-state index contributed by atoms with van der Waals surface area (Å²) in [6, 6.07) is 11.9. The molecule has 2 amide bonds. The first-order chi connectivity index (χ1) is 15.3. The van der Waals surface area contributed by atoms with Crippen molar-refractivity contribution < 1.29 is 14.0 Å². The summed E-state index contributed by atoms with van der Waals surface area (Å²) in [4.78, 5) is 27.8. The maximum atomic E-state index is 14.1. The quantitative estimate of drug-likeness (QED) is 0.447. The van der Waals surface area contributed by atoms with E-state index in [0.717, 1.165) is 17.5 Å². The predicted molar refractivity (Wildman–Crippen MR) is 131 cm³/mol. The van der Waals surface area contributed by atoms with Crippen molar-refractivity contribution in [1.29, 1.82) is 0 Å². The van der Waals surface area contributed by atoms with Crippen LogP contribution < -0.4 is 5.32 Å². The molecule has 4 nitrogen and oxygen atoms in total. The van der Waals surface area contributed by atoms with Crippen LogP contribution in [-0.4, -0.2) is 34.6 Å². The summed E-state index contributed by atoms with van der Waals surface area (Å²) in [6.45, 7) is 8.21. The first kappa shape index (κ1) is 26.2.